The fraction of sp³-hybridized carbons (Fsp3) is 0.647. The zero-order chi connectivity index (χ0) is 14.4. The Bertz CT molecular complexity index is 390. The quantitative estimate of drug-likeness (QED) is 0.827. The van der Waals surface area contributed by atoms with E-state index in [2.05, 4.69) is 48.3 Å². The number of ether oxygens (including phenoxy) is 1. The van der Waals surface area contributed by atoms with Gasteiger partial charge in [-0.2, -0.15) is 0 Å². The highest BCUT2D eigenvalue weighted by atomic mass is 16.5. The Balaban J connectivity index is 1.98. The molecular weight excluding hydrogens is 248 g/mol. The van der Waals surface area contributed by atoms with Crippen molar-refractivity contribution in [1.29, 1.82) is 0 Å². The second-order valence-electron chi connectivity index (χ2n) is 5.67. The van der Waals surface area contributed by atoms with E-state index in [0.717, 1.165) is 32.7 Å². The van der Waals surface area contributed by atoms with E-state index >= 15 is 0 Å². The highest BCUT2D eigenvalue weighted by Crippen LogP contribution is 2.26. The molecule has 2 rings (SSSR count). The molecule has 0 aliphatic carbocycles. The van der Waals surface area contributed by atoms with Gasteiger partial charge in [-0.15, -0.1) is 0 Å². The minimum absolute atomic E-state index is 0.480. The summed E-state index contributed by atoms with van der Waals surface area (Å²) < 4.78 is 5.27. The molecule has 1 aliphatic heterocycles. The molecule has 0 radical (unpaired) electrons. The Morgan fingerprint density at radius 1 is 1.30 bits per heavy atom. The average Bonchev–Trinajstić information content (AvgIpc) is 2.94. The Hall–Kier alpha value is -1.06. The van der Waals surface area contributed by atoms with E-state index in [1.54, 1.807) is 7.11 Å². The van der Waals surface area contributed by atoms with Crippen LogP contribution in [-0.2, 0) is 4.74 Å². The molecule has 112 valence electrons. The highest BCUT2D eigenvalue weighted by molar-refractivity contribution is 5.49. The summed E-state index contributed by atoms with van der Waals surface area (Å²) in [6.45, 7) is 8.57. The minimum Gasteiger partial charge on any atom is -0.384 e. The lowest BCUT2D eigenvalue weighted by atomic mass is 10.0. The molecule has 1 aromatic carbocycles. The zero-order valence-corrected chi connectivity index (χ0v) is 13.1. The molecule has 2 unspecified atom stereocenters. The van der Waals surface area contributed by atoms with Crippen LogP contribution in [0, 0.1) is 5.92 Å². The van der Waals surface area contributed by atoms with E-state index < -0.39 is 0 Å². The molecule has 1 saturated heterocycles. The SMILES string of the molecule is CCNC(CC)c1ccc(N2CCC(COC)C2)cc1. The maximum Gasteiger partial charge on any atom is 0.0508 e. The normalized spacial score (nSPS) is 20.4. The van der Waals surface area contributed by atoms with Crippen LogP contribution >= 0.6 is 0 Å². The largest absolute Gasteiger partial charge is 0.384 e. The minimum atomic E-state index is 0.480. The molecule has 0 spiro atoms. The Morgan fingerprint density at radius 2 is 2.05 bits per heavy atom. The molecule has 2 atom stereocenters. The smallest absolute Gasteiger partial charge is 0.0508 e. The first-order valence-electron chi connectivity index (χ1n) is 7.85. The van der Waals surface area contributed by atoms with E-state index in [-0.39, 0.29) is 0 Å². The Labute approximate surface area is 123 Å². The van der Waals surface area contributed by atoms with Crippen molar-refractivity contribution in [2.24, 2.45) is 5.92 Å². The molecule has 1 aromatic rings. The van der Waals surface area contributed by atoms with E-state index in [4.69, 9.17) is 4.74 Å². The number of nitrogens with one attached hydrogen (secondary N) is 1. The molecule has 1 N–H and O–H groups in total. The third kappa shape index (κ3) is 3.74. The van der Waals surface area contributed by atoms with Gasteiger partial charge in [-0.25, -0.2) is 0 Å². The van der Waals surface area contributed by atoms with Gasteiger partial charge in [0.25, 0.3) is 0 Å². The van der Waals surface area contributed by atoms with Crippen LogP contribution in [0.3, 0.4) is 0 Å². The van der Waals surface area contributed by atoms with Gasteiger partial charge in [0.2, 0.25) is 0 Å². The lowest BCUT2D eigenvalue weighted by Crippen LogP contribution is -2.22. The summed E-state index contributed by atoms with van der Waals surface area (Å²) in [6.07, 6.45) is 2.37. The molecule has 1 aliphatic rings. The summed E-state index contributed by atoms with van der Waals surface area (Å²) in [4.78, 5) is 2.47. The van der Waals surface area contributed by atoms with Crippen LogP contribution in [0.1, 0.15) is 38.3 Å². The first kappa shape index (κ1) is 15.3. The molecule has 0 bridgehead atoms. The van der Waals surface area contributed by atoms with Gasteiger partial charge in [-0.3, -0.25) is 0 Å². The van der Waals surface area contributed by atoms with Crippen LogP contribution in [0.4, 0.5) is 5.69 Å². The average molecular weight is 276 g/mol. The van der Waals surface area contributed by atoms with Crippen molar-refractivity contribution < 1.29 is 4.74 Å². The van der Waals surface area contributed by atoms with Crippen molar-refractivity contribution in [2.75, 3.05) is 38.3 Å². The van der Waals surface area contributed by atoms with Crippen LogP contribution < -0.4 is 10.2 Å². The fourth-order valence-corrected chi connectivity index (χ4v) is 3.10. The van der Waals surface area contributed by atoms with Gasteiger partial charge in [0.1, 0.15) is 0 Å². The molecular formula is C17H28N2O. The molecule has 0 amide bonds. The van der Waals surface area contributed by atoms with Crippen LogP contribution in [-0.4, -0.2) is 33.4 Å². The predicted molar refractivity (Wildman–Crippen MR) is 85.3 cm³/mol. The second kappa shape index (κ2) is 7.65. The van der Waals surface area contributed by atoms with Crippen molar-refractivity contribution in [2.45, 2.75) is 32.7 Å². The van der Waals surface area contributed by atoms with Gasteiger partial charge in [0.15, 0.2) is 0 Å². The topological polar surface area (TPSA) is 24.5 Å². The van der Waals surface area contributed by atoms with Gasteiger partial charge < -0.3 is 15.0 Å². The van der Waals surface area contributed by atoms with Crippen molar-refractivity contribution in [1.82, 2.24) is 5.32 Å². The number of methoxy groups -OCH3 is 1. The van der Waals surface area contributed by atoms with E-state index in [1.165, 1.54) is 17.7 Å². The molecule has 3 heteroatoms. The lowest BCUT2D eigenvalue weighted by Gasteiger charge is -2.21. The molecule has 0 saturated carbocycles. The zero-order valence-electron chi connectivity index (χ0n) is 13.1. The molecule has 20 heavy (non-hydrogen) atoms. The summed E-state index contributed by atoms with van der Waals surface area (Å²) in [5.41, 5.74) is 2.74. The molecule has 0 aromatic heterocycles. The van der Waals surface area contributed by atoms with Gasteiger partial charge in [-0.1, -0.05) is 26.0 Å². The van der Waals surface area contributed by atoms with Crippen LogP contribution in [0.2, 0.25) is 0 Å². The maximum atomic E-state index is 5.27. The van der Waals surface area contributed by atoms with Gasteiger partial charge in [-0.05, 0) is 37.1 Å². The highest BCUT2D eigenvalue weighted by Gasteiger charge is 2.22. The monoisotopic (exact) mass is 276 g/mol. The molecule has 3 nitrogen and oxygen atoms in total. The summed E-state index contributed by atoms with van der Waals surface area (Å²) in [5.74, 6) is 0.685. The van der Waals surface area contributed by atoms with Gasteiger partial charge in [0, 0.05) is 37.8 Å². The van der Waals surface area contributed by atoms with E-state index in [9.17, 15) is 0 Å². The van der Waals surface area contributed by atoms with Crippen LogP contribution in [0.15, 0.2) is 24.3 Å². The van der Waals surface area contributed by atoms with E-state index in [0.29, 0.717) is 12.0 Å². The number of anilines is 1. The van der Waals surface area contributed by atoms with Crippen molar-refractivity contribution in [3.63, 3.8) is 0 Å². The number of benzene rings is 1. The number of rotatable bonds is 7. The van der Waals surface area contributed by atoms with Crippen molar-refractivity contribution in [3.8, 4) is 0 Å². The third-order valence-electron chi connectivity index (χ3n) is 4.21. The van der Waals surface area contributed by atoms with Crippen molar-refractivity contribution >= 4 is 5.69 Å². The standard InChI is InChI=1S/C17H28N2O/c1-4-17(18-5-2)15-6-8-16(9-7-15)19-11-10-14(12-19)13-20-3/h6-9,14,17-18H,4-5,10-13H2,1-3H3. The van der Waals surface area contributed by atoms with Crippen LogP contribution in [0.25, 0.3) is 0 Å². The number of nitrogens with zero attached hydrogens (tertiary/aromatic N) is 1. The first-order chi connectivity index (χ1) is 9.78. The number of hydrogen-bond donors (Lipinski definition) is 1. The maximum absolute atomic E-state index is 5.27. The third-order valence-corrected chi connectivity index (χ3v) is 4.21. The van der Waals surface area contributed by atoms with Gasteiger partial charge >= 0.3 is 0 Å². The number of hydrogen-bond acceptors (Lipinski definition) is 3. The van der Waals surface area contributed by atoms with E-state index in [1.807, 2.05) is 0 Å². The molecule has 1 fully saturated rings. The Morgan fingerprint density at radius 3 is 2.65 bits per heavy atom. The predicted octanol–water partition coefficient (Wildman–Crippen LogP) is 3.22. The molecule has 1 heterocycles. The summed E-state index contributed by atoms with van der Waals surface area (Å²) >= 11 is 0. The fourth-order valence-electron chi connectivity index (χ4n) is 3.10. The summed E-state index contributed by atoms with van der Waals surface area (Å²) in [5, 5.41) is 3.53. The van der Waals surface area contributed by atoms with Gasteiger partial charge in [0.05, 0.1) is 6.61 Å². The first-order valence-corrected chi connectivity index (χ1v) is 7.85. The summed E-state index contributed by atoms with van der Waals surface area (Å²) in [6, 6.07) is 9.56. The summed E-state index contributed by atoms with van der Waals surface area (Å²) in [7, 11) is 1.79. The lowest BCUT2D eigenvalue weighted by molar-refractivity contribution is 0.161. The van der Waals surface area contributed by atoms with Crippen molar-refractivity contribution in [3.05, 3.63) is 29.8 Å². The Kier molecular flexibility index (Phi) is 5.86. The van der Waals surface area contributed by atoms with Crippen LogP contribution in [0.5, 0.6) is 0 Å². The second-order valence-corrected chi connectivity index (χ2v) is 5.67.